The van der Waals surface area contributed by atoms with Gasteiger partial charge in [-0.2, -0.15) is 13.2 Å². The minimum absolute atomic E-state index is 0.0527. The van der Waals surface area contributed by atoms with Crippen LogP contribution in [0, 0.1) is 5.82 Å². The molecule has 0 bridgehead atoms. The van der Waals surface area contributed by atoms with Crippen LogP contribution in [0.5, 0.6) is 0 Å². The van der Waals surface area contributed by atoms with Crippen LogP contribution in [-0.2, 0) is 11.3 Å². The predicted molar refractivity (Wildman–Crippen MR) is 80.4 cm³/mol. The van der Waals surface area contributed by atoms with Crippen molar-refractivity contribution in [3.63, 3.8) is 0 Å². The summed E-state index contributed by atoms with van der Waals surface area (Å²) in [6.07, 6.45) is -4.18. The number of alkyl halides is 3. The number of halogens is 4. The molecule has 2 heterocycles. The molecule has 1 aromatic heterocycles. The van der Waals surface area contributed by atoms with Crippen LogP contribution in [0.3, 0.4) is 0 Å². The molecule has 142 valence electrons. The highest BCUT2D eigenvalue weighted by Crippen LogP contribution is 2.34. The highest BCUT2D eigenvalue weighted by Gasteiger charge is 2.69. The zero-order valence-corrected chi connectivity index (χ0v) is 13.3. The van der Waals surface area contributed by atoms with Gasteiger partial charge in [0.2, 0.25) is 0 Å². The molecular formula is C16H11F4N3O4. The van der Waals surface area contributed by atoms with Gasteiger partial charge < -0.3 is 9.73 Å². The Bertz CT molecular complexity index is 897. The van der Waals surface area contributed by atoms with Crippen molar-refractivity contribution >= 4 is 17.8 Å². The summed E-state index contributed by atoms with van der Waals surface area (Å²) >= 11 is 0. The van der Waals surface area contributed by atoms with Crippen molar-refractivity contribution in [3.8, 4) is 0 Å². The predicted octanol–water partition coefficient (Wildman–Crippen LogP) is 2.16. The second kappa shape index (κ2) is 6.41. The second-order valence-electron chi connectivity index (χ2n) is 5.58. The molecule has 3 rings (SSSR count). The Morgan fingerprint density at radius 1 is 1.19 bits per heavy atom. The Morgan fingerprint density at radius 2 is 1.89 bits per heavy atom. The number of nitrogens with one attached hydrogen (secondary N) is 2. The van der Waals surface area contributed by atoms with E-state index in [0.29, 0.717) is 0 Å². The van der Waals surface area contributed by atoms with Gasteiger partial charge >= 0.3 is 12.2 Å². The molecule has 2 N–H and O–H groups in total. The first-order chi connectivity index (χ1) is 12.7. The maximum absolute atomic E-state index is 13.7. The number of nitrogens with zero attached hydrogens (tertiary/aromatic N) is 1. The van der Waals surface area contributed by atoms with Crippen LogP contribution >= 0.6 is 0 Å². The lowest BCUT2D eigenvalue weighted by Crippen LogP contribution is -2.69. The fraction of sp³-hybridized carbons (Fsp3) is 0.188. The Hall–Kier alpha value is -3.37. The Kier molecular flexibility index (Phi) is 4.38. The number of carbonyl (C=O) groups excluding carboxylic acids is 3. The van der Waals surface area contributed by atoms with Gasteiger partial charge in [-0.15, -0.1) is 0 Å². The lowest BCUT2D eigenvalue weighted by molar-refractivity contribution is -0.200. The van der Waals surface area contributed by atoms with E-state index in [0.717, 1.165) is 12.1 Å². The van der Waals surface area contributed by atoms with Gasteiger partial charge in [0.1, 0.15) is 11.6 Å². The standard InChI is InChI=1S/C16H11F4N3O4/c17-11-6-2-1-5-10(11)12(24)21-15(16(18,19)20)13(25)23(14(26)22-15)8-9-4-3-7-27-9/h1-7H,8H2,(H,21,24)(H,22,26)/t15-/m0/s1. The van der Waals surface area contributed by atoms with Gasteiger partial charge in [0, 0.05) is 0 Å². The maximum Gasteiger partial charge on any atom is 0.440 e. The van der Waals surface area contributed by atoms with E-state index in [-0.39, 0.29) is 10.7 Å². The molecule has 0 spiro atoms. The first kappa shape index (κ1) is 18.4. The lowest BCUT2D eigenvalue weighted by atomic mass is 10.1. The maximum atomic E-state index is 13.7. The molecule has 1 atom stereocenters. The van der Waals surface area contributed by atoms with E-state index in [1.165, 1.54) is 41.2 Å². The highest BCUT2D eigenvalue weighted by molar-refractivity contribution is 6.10. The van der Waals surface area contributed by atoms with Crippen molar-refractivity contribution in [2.45, 2.75) is 18.4 Å². The summed E-state index contributed by atoms with van der Waals surface area (Å²) in [5, 5.41) is 2.88. The third-order valence-electron chi connectivity index (χ3n) is 3.84. The fourth-order valence-corrected chi connectivity index (χ4v) is 2.51. The van der Waals surface area contributed by atoms with Crippen LogP contribution in [0.4, 0.5) is 22.4 Å². The number of imide groups is 1. The minimum Gasteiger partial charge on any atom is -0.467 e. The average molecular weight is 385 g/mol. The van der Waals surface area contributed by atoms with E-state index in [1.807, 2.05) is 0 Å². The number of furan rings is 1. The summed E-state index contributed by atoms with van der Waals surface area (Å²) in [4.78, 5) is 36.8. The quantitative estimate of drug-likeness (QED) is 0.623. The van der Waals surface area contributed by atoms with Crippen molar-refractivity contribution in [1.29, 1.82) is 0 Å². The number of carbonyl (C=O) groups is 3. The van der Waals surface area contributed by atoms with Crippen molar-refractivity contribution in [3.05, 3.63) is 59.8 Å². The van der Waals surface area contributed by atoms with E-state index in [2.05, 4.69) is 0 Å². The molecule has 1 saturated heterocycles. The number of urea groups is 1. The molecule has 7 nitrogen and oxygen atoms in total. The molecule has 1 aliphatic heterocycles. The molecule has 0 saturated carbocycles. The zero-order valence-electron chi connectivity index (χ0n) is 13.3. The number of amides is 4. The van der Waals surface area contributed by atoms with Gasteiger partial charge in [0.05, 0.1) is 18.4 Å². The van der Waals surface area contributed by atoms with Crippen molar-refractivity contribution in [1.82, 2.24) is 15.5 Å². The molecule has 1 aliphatic rings. The molecule has 0 radical (unpaired) electrons. The van der Waals surface area contributed by atoms with E-state index in [9.17, 15) is 31.9 Å². The molecule has 0 aliphatic carbocycles. The molecule has 2 aromatic rings. The second-order valence-corrected chi connectivity index (χ2v) is 5.58. The van der Waals surface area contributed by atoms with Crippen LogP contribution in [0.15, 0.2) is 47.1 Å². The summed E-state index contributed by atoms with van der Waals surface area (Å²) in [6.45, 7) is -0.578. The van der Waals surface area contributed by atoms with E-state index in [4.69, 9.17) is 4.42 Å². The minimum atomic E-state index is -5.39. The molecule has 27 heavy (non-hydrogen) atoms. The summed E-state index contributed by atoms with van der Waals surface area (Å²) < 4.78 is 59.6. The smallest absolute Gasteiger partial charge is 0.440 e. The van der Waals surface area contributed by atoms with Crippen molar-refractivity contribution in [2.75, 3.05) is 0 Å². The lowest BCUT2D eigenvalue weighted by Gasteiger charge is -2.29. The topological polar surface area (TPSA) is 91.7 Å². The number of benzene rings is 1. The van der Waals surface area contributed by atoms with Crippen LogP contribution in [0.25, 0.3) is 0 Å². The zero-order chi connectivity index (χ0) is 19.8. The van der Waals surface area contributed by atoms with E-state index in [1.54, 1.807) is 0 Å². The SMILES string of the molecule is O=C(N[C@]1(C(F)(F)F)NC(=O)N(Cc2ccco2)C1=O)c1ccccc1F. The van der Waals surface area contributed by atoms with Gasteiger partial charge in [-0.25, -0.2) is 9.18 Å². The Labute approximate surface area is 148 Å². The van der Waals surface area contributed by atoms with Crippen LogP contribution in [0.2, 0.25) is 0 Å². The first-order valence-corrected chi connectivity index (χ1v) is 7.46. The highest BCUT2D eigenvalue weighted by atomic mass is 19.4. The van der Waals surface area contributed by atoms with Crippen LogP contribution in [0.1, 0.15) is 16.1 Å². The molecule has 11 heteroatoms. The summed E-state index contributed by atoms with van der Waals surface area (Å²) in [7, 11) is 0. The van der Waals surface area contributed by atoms with E-state index >= 15 is 0 Å². The first-order valence-electron chi connectivity index (χ1n) is 7.46. The summed E-state index contributed by atoms with van der Waals surface area (Å²) in [5.74, 6) is -4.31. The Morgan fingerprint density at radius 3 is 2.48 bits per heavy atom. The molecule has 4 amide bonds. The fourth-order valence-electron chi connectivity index (χ4n) is 2.51. The van der Waals surface area contributed by atoms with Crippen molar-refractivity contribution in [2.24, 2.45) is 0 Å². The van der Waals surface area contributed by atoms with Crippen LogP contribution in [-0.4, -0.2) is 34.6 Å². The largest absolute Gasteiger partial charge is 0.467 e. The average Bonchev–Trinajstić information content (AvgIpc) is 3.18. The van der Waals surface area contributed by atoms with Gasteiger partial charge in [-0.05, 0) is 24.3 Å². The van der Waals surface area contributed by atoms with Gasteiger partial charge in [-0.1, -0.05) is 12.1 Å². The summed E-state index contributed by atoms with van der Waals surface area (Å²) in [5.41, 5.74) is -4.44. The van der Waals surface area contributed by atoms with Crippen LogP contribution < -0.4 is 10.6 Å². The normalized spacial score (nSPS) is 19.9. The molecule has 0 unspecified atom stereocenters. The molecule has 1 fully saturated rings. The molecule has 1 aromatic carbocycles. The monoisotopic (exact) mass is 385 g/mol. The third-order valence-corrected chi connectivity index (χ3v) is 3.84. The summed E-state index contributed by atoms with van der Waals surface area (Å²) in [6, 6.07) is 5.67. The third kappa shape index (κ3) is 3.11. The Balaban J connectivity index is 1.94. The number of rotatable bonds is 4. The number of hydrogen-bond acceptors (Lipinski definition) is 4. The number of hydrogen-bond donors (Lipinski definition) is 2. The van der Waals surface area contributed by atoms with Gasteiger partial charge in [0.15, 0.2) is 0 Å². The van der Waals surface area contributed by atoms with Crippen molar-refractivity contribution < 1.29 is 36.4 Å². The van der Waals surface area contributed by atoms with Gasteiger partial charge in [0.25, 0.3) is 17.5 Å². The van der Waals surface area contributed by atoms with E-state index < -0.39 is 47.6 Å². The molecular weight excluding hydrogens is 374 g/mol. The van der Waals surface area contributed by atoms with Gasteiger partial charge in [-0.3, -0.25) is 19.8 Å².